The normalized spacial score (nSPS) is 15.9. The molecule has 2 rings (SSSR count). The second-order valence-electron chi connectivity index (χ2n) is 3.88. The van der Waals surface area contributed by atoms with Crippen molar-refractivity contribution in [2.75, 3.05) is 14.2 Å². The van der Waals surface area contributed by atoms with Gasteiger partial charge in [0.1, 0.15) is 5.75 Å². The number of ether oxygens (including phenoxy) is 1. The van der Waals surface area contributed by atoms with Gasteiger partial charge in [-0.25, -0.2) is 0 Å². The van der Waals surface area contributed by atoms with Crippen molar-refractivity contribution < 1.29 is 9.53 Å². The van der Waals surface area contributed by atoms with E-state index < -0.39 is 0 Å². The summed E-state index contributed by atoms with van der Waals surface area (Å²) in [6.45, 7) is 0.707. The molecular weight excluding hydrogens is 190 g/mol. The van der Waals surface area contributed by atoms with Crippen molar-refractivity contribution in [2.24, 2.45) is 0 Å². The van der Waals surface area contributed by atoms with E-state index in [9.17, 15) is 4.79 Å². The van der Waals surface area contributed by atoms with E-state index in [1.807, 2.05) is 25.2 Å². The summed E-state index contributed by atoms with van der Waals surface area (Å²) >= 11 is 0. The zero-order valence-electron chi connectivity index (χ0n) is 9.12. The van der Waals surface area contributed by atoms with Gasteiger partial charge in [0.15, 0.2) is 0 Å². The van der Waals surface area contributed by atoms with Crippen LogP contribution < -0.4 is 4.74 Å². The Labute approximate surface area is 89.7 Å². The first-order valence-electron chi connectivity index (χ1n) is 5.10. The minimum absolute atomic E-state index is 0.213. The highest BCUT2D eigenvalue weighted by Crippen LogP contribution is 2.23. The second-order valence-corrected chi connectivity index (χ2v) is 3.88. The Kier molecular flexibility index (Phi) is 2.62. The quantitative estimate of drug-likeness (QED) is 0.697. The largest absolute Gasteiger partial charge is 0.497 e. The summed E-state index contributed by atoms with van der Waals surface area (Å²) in [7, 11) is 3.51. The first-order chi connectivity index (χ1) is 7.20. The number of carbonyl (C=O) groups excluding carboxylic acids is 1. The lowest BCUT2D eigenvalue weighted by Crippen LogP contribution is -2.24. The van der Waals surface area contributed by atoms with E-state index in [2.05, 4.69) is 0 Å². The number of amides is 1. The molecule has 1 aromatic carbocycles. The van der Waals surface area contributed by atoms with Gasteiger partial charge in [0.25, 0.3) is 0 Å². The molecule has 1 aliphatic rings. The maximum Gasteiger partial charge on any atom is 0.222 e. The Morgan fingerprint density at radius 1 is 1.27 bits per heavy atom. The number of aryl methyl sites for hydroxylation is 1. The summed E-state index contributed by atoms with van der Waals surface area (Å²) in [5.41, 5.74) is 2.45. The fourth-order valence-corrected chi connectivity index (χ4v) is 1.89. The molecule has 0 bridgehead atoms. The average molecular weight is 205 g/mol. The standard InChI is InChI=1S/C12H15NO2/c1-13-8-10-3-5-11(15-2)7-9(10)4-6-12(13)14/h3,5,7H,4,6,8H2,1-2H3. The Morgan fingerprint density at radius 3 is 2.80 bits per heavy atom. The molecule has 1 amide bonds. The van der Waals surface area contributed by atoms with Gasteiger partial charge < -0.3 is 9.64 Å². The minimum atomic E-state index is 0.213. The first-order valence-corrected chi connectivity index (χ1v) is 5.10. The number of nitrogens with zero attached hydrogens (tertiary/aromatic N) is 1. The highest BCUT2D eigenvalue weighted by molar-refractivity contribution is 5.77. The highest BCUT2D eigenvalue weighted by atomic mass is 16.5. The topological polar surface area (TPSA) is 29.5 Å². The zero-order chi connectivity index (χ0) is 10.8. The molecule has 0 unspecified atom stereocenters. The van der Waals surface area contributed by atoms with E-state index in [1.165, 1.54) is 11.1 Å². The van der Waals surface area contributed by atoms with Crippen LogP contribution in [0.3, 0.4) is 0 Å². The van der Waals surface area contributed by atoms with Gasteiger partial charge in [0.05, 0.1) is 7.11 Å². The van der Waals surface area contributed by atoms with Crippen LogP contribution in [0.4, 0.5) is 0 Å². The molecule has 0 radical (unpaired) electrons. The van der Waals surface area contributed by atoms with E-state index in [4.69, 9.17) is 4.74 Å². The molecule has 1 aromatic rings. The highest BCUT2D eigenvalue weighted by Gasteiger charge is 2.17. The Morgan fingerprint density at radius 2 is 2.07 bits per heavy atom. The van der Waals surface area contributed by atoms with E-state index in [0.29, 0.717) is 13.0 Å². The molecule has 0 aromatic heterocycles. The lowest BCUT2D eigenvalue weighted by atomic mass is 10.0. The first kappa shape index (κ1) is 10.0. The summed E-state index contributed by atoms with van der Waals surface area (Å²) in [4.78, 5) is 13.3. The van der Waals surface area contributed by atoms with Crippen LogP contribution in [0.2, 0.25) is 0 Å². The summed E-state index contributed by atoms with van der Waals surface area (Å²) in [6, 6.07) is 6.02. The van der Waals surface area contributed by atoms with Crippen molar-refractivity contribution >= 4 is 5.91 Å². The van der Waals surface area contributed by atoms with Crippen LogP contribution in [0, 0.1) is 0 Å². The van der Waals surface area contributed by atoms with Crippen LogP contribution in [0.5, 0.6) is 5.75 Å². The van der Waals surface area contributed by atoms with Crippen molar-refractivity contribution in [1.82, 2.24) is 4.90 Å². The number of fused-ring (bicyclic) bond motifs is 1. The Hall–Kier alpha value is -1.51. The van der Waals surface area contributed by atoms with Crippen molar-refractivity contribution in [3.8, 4) is 5.75 Å². The Balaban J connectivity index is 2.34. The van der Waals surface area contributed by atoms with Crippen LogP contribution in [-0.4, -0.2) is 25.0 Å². The van der Waals surface area contributed by atoms with Gasteiger partial charge >= 0.3 is 0 Å². The molecule has 3 heteroatoms. The summed E-state index contributed by atoms with van der Waals surface area (Å²) in [5.74, 6) is 1.08. The molecule has 15 heavy (non-hydrogen) atoms. The van der Waals surface area contributed by atoms with E-state index in [0.717, 1.165) is 12.2 Å². The third kappa shape index (κ3) is 1.96. The molecular formula is C12H15NO2. The van der Waals surface area contributed by atoms with Gasteiger partial charge in [-0.3, -0.25) is 4.79 Å². The lowest BCUT2D eigenvalue weighted by molar-refractivity contribution is -0.130. The van der Waals surface area contributed by atoms with Gasteiger partial charge in [0, 0.05) is 20.0 Å². The van der Waals surface area contributed by atoms with Crippen LogP contribution >= 0.6 is 0 Å². The number of carbonyl (C=O) groups is 1. The number of hydrogen-bond acceptors (Lipinski definition) is 2. The molecule has 80 valence electrons. The minimum Gasteiger partial charge on any atom is -0.497 e. The number of hydrogen-bond donors (Lipinski definition) is 0. The molecule has 1 aliphatic heterocycles. The molecule has 0 saturated heterocycles. The molecule has 0 N–H and O–H groups in total. The maximum atomic E-state index is 11.5. The molecule has 3 nitrogen and oxygen atoms in total. The van der Waals surface area contributed by atoms with E-state index >= 15 is 0 Å². The average Bonchev–Trinajstić information content (AvgIpc) is 2.39. The molecule has 0 spiro atoms. The fraction of sp³-hybridized carbons (Fsp3) is 0.417. The van der Waals surface area contributed by atoms with Crippen molar-refractivity contribution in [3.63, 3.8) is 0 Å². The van der Waals surface area contributed by atoms with Gasteiger partial charge in [-0.05, 0) is 29.7 Å². The predicted molar refractivity (Wildman–Crippen MR) is 57.8 cm³/mol. The lowest BCUT2D eigenvalue weighted by Gasteiger charge is -2.14. The molecule has 0 aliphatic carbocycles. The smallest absolute Gasteiger partial charge is 0.222 e. The molecule has 0 saturated carbocycles. The van der Waals surface area contributed by atoms with Crippen molar-refractivity contribution in [1.29, 1.82) is 0 Å². The van der Waals surface area contributed by atoms with Crippen molar-refractivity contribution in [3.05, 3.63) is 29.3 Å². The number of benzene rings is 1. The summed E-state index contributed by atoms with van der Waals surface area (Å²) in [6.07, 6.45) is 1.41. The number of methoxy groups -OCH3 is 1. The molecule has 0 atom stereocenters. The van der Waals surface area contributed by atoms with E-state index in [-0.39, 0.29) is 5.91 Å². The Bertz CT molecular complexity index is 387. The maximum absolute atomic E-state index is 11.5. The van der Waals surface area contributed by atoms with Crippen LogP contribution in [0.15, 0.2) is 18.2 Å². The van der Waals surface area contributed by atoms with Crippen LogP contribution in [0.1, 0.15) is 17.5 Å². The van der Waals surface area contributed by atoms with Gasteiger partial charge in [-0.1, -0.05) is 6.07 Å². The van der Waals surface area contributed by atoms with Crippen molar-refractivity contribution in [2.45, 2.75) is 19.4 Å². The van der Waals surface area contributed by atoms with Gasteiger partial charge in [-0.2, -0.15) is 0 Å². The predicted octanol–water partition coefficient (Wildman–Crippen LogP) is 1.60. The number of rotatable bonds is 1. The fourth-order valence-electron chi connectivity index (χ4n) is 1.89. The molecule has 0 fully saturated rings. The van der Waals surface area contributed by atoms with Crippen LogP contribution in [-0.2, 0) is 17.8 Å². The third-order valence-electron chi connectivity index (χ3n) is 2.85. The third-order valence-corrected chi connectivity index (χ3v) is 2.85. The van der Waals surface area contributed by atoms with E-state index in [1.54, 1.807) is 12.0 Å². The zero-order valence-corrected chi connectivity index (χ0v) is 9.12. The second kappa shape index (κ2) is 3.93. The molecule has 1 heterocycles. The monoisotopic (exact) mass is 205 g/mol. The summed E-state index contributed by atoms with van der Waals surface area (Å²) < 4.78 is 5.18. The van der Waals surface area contributed by atoms with Gasteiger partial charge in [-0.15, -0.1) is 0 Å². The summed E-state index contributed by atoms with van der Waals surface area (Å²) in [5, 5.41) is 0. The SMILES string of the molecule is COc1ccc2c(c1)CCC(=O)N(C)C2. The van der Waals surface area contributed by atoms with Gasteiger partial charge in [0.2, 0.25) is 5.91 Å². The van der Waals surface area contributed by atoms with Crippen LogP contribution in [0.25, 0.3) is 0 Å².